The molecule has 1 amide bonds. The zero-order valence-corrected chi connectivity index (χ0v) is 17.8. The molecule has 1 aliphatic heterocycles. The smallest absolute Gasteiger partial charge is 0.279 e. The number of benzene rings is 1. The largest absolute Gasteiger partial charge is 0.321 e. The van der Waals surface area contributed by atoms with E-state index >= 15 is 0 Å². The van der Waals surface area contributed by atoms with Gasteiger partial charge in [0.1, 0.15) is 6.04 Å². The first-order chi connectivity index (χ1) is 13.4. The van der Waals surface area contributed by atoms with E-state index in [1.54, 1.807) is 19.1 Å². The number of carbonyl (C=O) groups excluding carboxylic acids is 1. The lowest BCUT2D eigenvalue weighted by Crippen LogP contribution is -3.14. The Balaban J connectivity index is 1.49. The fourth-order valence-electron chi connectivity index (χ4n) is 4.18. The molecule has 1 unspecified atom stereocenters. The minimum Gasteiger partial charge on any atom is -0.321 e. The Morgan fingerprint density at radius 1 is 1.29 bits per heavy atom. The molecule has 2 aliphatic rings. The zero-order valence-electron chi connectivity index (χ0n) is 16.1. The zero-order chi connectivity index (χ0) is 19.9. The number of amides is 1. The van der Waals surface area contributed by atoms with E-state index in [9.17, 15) is 13.2 Å². The van der Waals surface area contributed by atoms with Gasteiger partial charge in [0.05, 0.1) is 11.4 Å². The molecule has 3 N–H and O–H groups in total. The molecule has 2 heterocycles. The summed E-state index contributed by atoms with van der Waals surface area (Å²) in [5.41, 5.74) is 2.59. The van der Waals surface area contributed by atoms with Gasteiger partial charge >= 0.3 is 0 Å². The van der Waals surface area contributed by atoms with Crippen molar-refractivity contribution in [2.45, 2.75) is 37.1 Å². The predicted molar refractivity (Wildman–Crippen MR) is 110 cm³/mol. The highest BCUT2D eigenvalue weighted by molar-refractivity contribution is 7.89. The Hall–Kier alpha value is -1.74. The number of hydrogen-bond acceptors (Lipinski definition) is 4. The lowest BCUT2D eigenvalue weighted by molar-refractivity contribution is -0.928. The minimum atomic E-state index is -3.56. The average Bonchev–Trinajstić information content (AvgIpc) is 3.39. The number of anilines is 1. The lowest BCUT2D eigenvalue weighted by Gasteiger charge is -2.32. The third kappa shape index (κ3) is 3.87. The van der Waals surface area contributed by atoms with Crippen LogP contribution in [0.5, 0.6) is 0 Å². The molecule has 150 valence electrons. The molecule has 8 heteroatoms. The number of nitrogens with one attached hydrogen (secondary N) is 3. The first kappa shape index (κ1) is 19.6. The molecule has 2 atom stereocenters. The van der Waals surface area contributed by atoms with Crippen molar-refractivity contribution < 1.29 is 18.1 Å². The van der Waals surface area contributed by atoms with Crippen LogP contribution in [0, 0.1) is 12.8 Å². The Labute approximate surface area is 170 Å². The van der Waals surface area contributed by atoms with Crippen molar-refractivity contribution in [2.75, 3.05) is 25.5 Å². The number of rotatable bonds is 6. The molecule has 2 aromatic rings. The van der Waals surface area contributed by atoms with Crippen molar-refractivity contribution in [3.8, 4) is 0 Å². The maximum Gasteiger partial charge on any atom is 0.279 e. The van der Waals surface area contributed by atoms with E-state index in [-0.39, 0.29) is 10.8 Å². The Morgan fingerprint density at radius 2 is 2.07 bits per heavy atom. The van der Waals surface area contributed by atoms with Gasteiger partial charge in [0.2, 0.25) is 10.0 Å². The standard InChI is InChI=1S/C20H25N3O3S2/c1-13-3-6-15(11-18(13)28(25,26)21-2)22-19(24)12-23-9-7-17-16(8-10-27-17)20(23)14-4-5-14/h3,6,8,10-11,14,20-21H,4-5,7,9,12H2,1-2H3,(H,22,24)/p+1/t20-/m1/s1. The molecule has 0 radical (unpaired) electrons. The summed E-state index contributed by atoms with van der Waals surface area (Å²) in [4.78, 5) is 15.7. The highest BCUT2D eigenvalue weighted by Gasteiger charge is 2.43. The van der Waals surface area contributed by atoms with E-state index in [1.165, 1.54) is 41.3 Å². The van der Waals surface area contributed by atoms with Crippen LogP contribution in [0.15, 0.2) is 34.5 Å². The molecule has 0 saturated heterocycles. The SMILES string of the molecule is CNS(=O)(=O)c1cc(NC(=O)C[NH+]2CCc3sccc3[C@H]2C2CC2)ccc1C. The van der Waals surface area contributed by atoms with Crippen molar-refractivity contribution >= 4 is 33.0 Å². The molecule has 0 bridgehead atoms. The van der Waals surface area contributed by atoms with Gasteiger partial charge in [-0.1, -0.05) is 6.07 Å². The van der Waals surface area contributed by atoms with Crippen LogP contribution in [0.4, 0.5) is 5.69 Å². The summed E-state index contributed by atoms with van der Waals surface area (Å²) >= 11 is 1.83. The van der Waals surface area contributed by atoms with Gasteiger partial charge in [0.25, 0.3) is 5.91 Å². The fraction of sp³-hybridized carbons (Fsp3) is 0.450. The maximum absolute atomic E-state index is 12.7. The van der Waals surface area contributed by atoms with Crippen LogP contribution in [0.2, 0.25) is 0 Å². The van der Waals surface area contributed by atoms with Gasteiger partial charge in [-0.15, -0.1) is 11.3 Å². The van der Waals surface area contributed by atoms with Crippen molar-refractivity contribution in [1.29, 1.82) is 0 Å². The van der Waals surface area contributed by atoms with Crippen LogP contribution in [0.25, 0.3) is 0 Å². The summed E-state index contributed by atoms with van der Waals surface area (Å²) < 4.78 is 26.7. The van der Waals surface area contributed by atoms with Crippen molar-refractivity contribution in [2.24, 2.45) is 5.92 Å². The van der Waals surface area contributed by atoms with Crippen LogP contribution in [-0.4, -0.2) is 34.5 Å². The number of aryl methyl sites for hydroxylation is 1. The third-order valence-corrected chi connectivity index (χ3v) is 8.29. The predicted octanol–water partition coefficient (Wildman–Crippen LogP) is 1.50. The van der Waals surface area contributed by atoms with Crippen LogP contribution in [-0.2, 0) is 21.2 Å². The molecule has 1 saturated carbocycles. The number of quaternary nitrogens is 1. The summed E-state index contributed by atoms with van der Waals surface area (Å²) in [5, 5.41) is 5.07. The van der Waals surface area contributed by atoms with Gasteiger partial charge in [-0.05, 0) is 56.0 Å². The molecule has 1 aliphatic carbocycles. The van der Waals surface area contributed by atoms with E-state index in [0.29, 0.717) is 29.8 Å². The summed E-state index contributed by atoms with van der Waals surface area (Å²) in [5.74, 6) is 0.610. The van der Waals surface area contributed by atoms with Crippen LogP contribution in [0.3, 0.4) is 0 Å². The number of hydrogen-bond donors (Lipinski definition) is 3. The highest BCUT2D eigenvalue weighted by atomic mass is 32.2. The molecule has 28 heavy (non-hydrogen) atoms. The molecule has 1 fully saturated rings. The van der Waals surface area contributed by atoms with Gasteiger partial charge in [-0.2, -0.15) is 0 Å². The van der Waals surface area contributed by atoms with Crippen molar-refractivity contribution in [3.05, 3.63) is 45.6 Å². The van der Waals surface area contributed by atoms with Crippen molar-refractivity contribution in [1.82, 2.24) is 4.72 Å². The Morgan fingerprint density at radius 3 is 2.79 bits per heavy atom. The van der Waals surface area contributed by atoms with Gasteiger partial charge in [-0.3, -0.25) is 4.79 Å². The van der Waals surface area contributed by atoms with Crippen molar-refractivity contribution in [3.63, 3.8) is 0 Å². The minimum absolute atomic E-state index is 0.0732. The Kier molecular flexibility index (Phi) is 5.30. The van der Waals surface area contributed by atoms with Gasteiger partial charge in [-0.25, -0.2) is 13.1 Å². The quantitative estimate of drug-likeness (QED) is 0.663. The Bertz CT molecular complexity index is 996. The number of sulfonamides is 1. The van der Waals surface area contributed by atoms with E-state index in [4.69, 9.17) is 0 Å². The normalized spacial score (nSPS) is 21.9. The summed E-state index contributed by atoms with van der Waals surface area (Å²) in [7, 11) is -2.17. The van der Waals surface area contributed by atoms with Crippen LogP contribution in [0.1, 0.15) is 34.9 Å². The van der Waals surface area contributed by atoms with Gasteiger partial charge in [0.15, 0.2) is 6.54 Å². The van der Waals surface area contributed by atoms with E-state index < -0.39 is 10.0 Å². The van der Waals surface area contributed by atoms with Gasteiger partial charge < -0.3 is 10.2 Å². The summed E-state index contributed by atoms with van der Waals surface area (Å²) in [6.07, 6.45) is 3.51. The summed E-state index contributed by atoms with van der Waals surface area (Å²) in [6, 6.07) is 7.65. The molecule has 1 aromatic carbocycles. The number of carbonyl (C=O) groups is 1. The van der Waals surface area contributed by atoms with Gasteiger partial charge in [0, 0.05) is 28.5 Å². The molecular weight excluding hydrogens is 394 g/mol. The van der Waals surface area contributed by atoms with E-state index in [0.717, 1.165) is 13.0 Å². The fourth-order valence-corrected chi connectivity index (χ4v) is 6.11. The third-order valence-electron chi connectivity index (χ3n) is 5.74. The maximum atomic E-state index is 12.7. The van der Waals surface area contributed by atoms with Crippen LogP contribution >= 0.6 is 11.3 Å². The first-order valence-corrected chi connectivity index (χ1v) is 12.0. The lowest BCUT2D eigenvalue weighted by atomic mass is 9.96. The molecule has 4 rings (SSSR count). The number of fused-ring (bicyclic) bond motifs is 1. The van der Waals surface area contributed by atoms with E-state index in [1.807, 2.05) is 11.3 Å². The molecular formula is C20H26N3O3S2+. The monoisotopic (exact) mass is 420 g/mol. The number of thiophene rings is 1. The second kappa shape index (κ2) is 7.59. The second-order valence-electron chi connectivity index (χ2n) is 7.69. The van der Waals surface area contributed by atoms with Crippen LogP contribution < -0.4 is 14.9 Å². The highest BCUT2D eigenvalue weighted by Crippen LogP contribution is 2.42. The average molecular weight is 421 g/mol. The second-order valence-corrected chi connectivity index (χ2v) is 10.5. The molecule has 1 aromatic heterocycles. The summed E-state index contributed by atoms with van der Waals surface area (Å²) in [6.45, 7) is 3.11. The first-order valence-electron chi connectivity index (χ1n) is 9.64. The molecule has 6 nitrogen and oxygen atoms in total. The molecule has 0 spiro atoms. The van der Waals surface area contributed by atoms with E-state index in [2.05, 4.69) is 21.5 Å². The topological polar surface area (TPSA) is 79.7 Å².